The monoisotopic (exact) mass is 1900 g/mol. The first-order valence-electron chi connectivity index (χ1n) is 47.3. The zero-order valence-electron chi connectivity index (χ0n) is 78.5. The van der Waals surface area contributed by atoms with Gasteiger partial charge in [-0.1, -0.05) is 69.9 Å². The van der Waals surface area contributed by atoms with E-state index in [4.69, 9.17) is 78.7 Å². The van der Waals surface area contributed by atoms with Crippen LogP contribution in [-0.2, 0) is 99.5 Å². The summed E-state index contributed by atoms with van der Waals surface area (Å²) in [5.74, 6) is -2.83. The number of piperidine rings is 1. The Hall–Kier alpha value is -6.60. The minimum absolute atomic E-state index is 0.0678. The lowest BCUT2D eigenvalue weighted by Crippen LogP contribution is -2.64. The Morgan fingerprint density at radius 2 is 0.939 bits per heavy atom. The minimum atomic E-state index is -1.46. The number of nitrogens with two attached hydrogens (primary N) is 1. The fourth-order valence-electron chi connectivity index (χ4n) is 16.3. The van der Waals surface area contributed by atoms with Gasteiger partial charge in [0.2, 0.25) is 47.3 Å². The quantitative estimate of drug-likeness (QED) is 0.0136. The molecule has 4 aliphatic heterocycles. The molecule has 1 saturated carbocycles. The Labute approximate surface area is 779 Å². The highest BCUT2D eigenvalue weighted by atomic mass is 31.1. The van der Waals surface area contributed by atoms with Crippen LogP contribution in [0.4, 0.5) is 0 Å². The van der Waals surface area contributed by atoms with E-state index in [0.29, 0.717) is 142 Å². The summed E-state index contributed by atoms with van der Waals surface area (Å²) in [6, 6.07) is -3.20. The van der Waals surface area contributed by atoms with Crippen LogP contribution in [0.2, 0.25) is 0 Å². The van der Waals surface area contributed by atoms with Crippen molar-refractivity contribution in [1.82, 2.24) is 42.1 Å². The summed E-state index contributed by atoms with van der Waals surface area (Å²) in [5.41, 5.74) is 7.76. The molecule has 0 radical (unpaired) electrons. The van der Waals surface area contributed by atoms with E-state index in [0.717, 1.165) is 74.5 Å². The van der Waals surface area contributed by atoms with Crippen molar-refractivity contribution in [1.29, 1.82) is 5.41 Å². The number of terminal acetylenes is 1. The van der Waals surface area contributed by atoms with Gasteiger partial charge in [0.25, 0.3) is 0 Å². The van der Waals surface area contributed by atoms with Crippen molar-refractivity contribution in [3.8, 4) is 12.5 Å². The normalized spacial score (nSPS) is 25.8. The maximum Gasteiger partial charge on any atom is 0.489 e. The molecule has 0 aromatic rings. The fourth-order valence-corrected chi connectivity index (χ4v) is 17.2. The molecule has 18 unspecified atom stereocenters. The molecule has 5 rings (SSSR count). The van der Waals surface area contributed by atoms with Gasteiger partial charge in [-0.3, -0.25) is 38.4 Å². The Bertz CT molecular complexity index is 3290. The number of likely N-dealkylation sites (tertiary alicyclic amines) is 1. The Balaban J connectivity index is 1.13. The molecule has 0 aromatic heterocycles. The molecular formula is C91H158N10O30P+. The maximum absolute atomic E-state index is 14.7. The molecule has 4 saturated heterocycles. The number of carbonyl (C=O) groups excluding carboxylic acids is 8. The van der Waals surface area contributed by atoms with Gasteiger partial charge in [-0.2, -0.15) is 0 Å². The lowest BCUT2D eigenvalue weighted by atomic mass is 9.77. The highest BCUT2D eigenvalue weighted by molar-refractivity contribution is 7.49. The second kappa shape index (κ2) is 66.8. The van der Waals surface area contributed by atoms with Crippen LogP contribution in [0.1, 0.15) is 221 Å². The van der Waals surface area contributed by atoms with Crippen LogP contribution < -0.4 is 43.0 Å². The second-order valence-corrected chi connectivity index (χ2v) is 36.7. The van der Waals surface area contributed by atoms with Gasteiger partial charge < -0.3 is 151 Å². The van der Waals surface area contributed by atoms with Crippen LogP contribution in [0.5, 0.6) is 0 Å². The van der Waals surface area contributed by atoms with Crippen LogP contribution in [0.15, 0.2) is 23.4 Å². The molecule has 0 aromatic carbocycles. The molecule has 19 N–H and O–H groups in total. The number of ether oxygens (including phenoxy) is 11. The predicted molar refractivity (Wildman–Crippen MR) is 487 cm³/mol. The molecule has 5 aliphatic rings. The average Bonchev–Trinajstić information content (AvgIpc) is 0.810. The number of nitrogens with one attached hydrogen (secondary N) is 8. The van der Waals surface area contributed by atoms with E-state index in [1.54, 1.807) is 4.90 Å². The molecule has 5 fully saturated rings. The summed E-state index contributed by atoms with van der Waals surface area (Å²) >= 11 is 0. The van der Waals surface area contributed by atoms with Crippen molar-refractivity contribution in [2.45, 2.75) is 319 Å². The Morgan fingerprint density at radius 3 is 1.36 bits per heavy atom. The molecule has 4 heterocycles. The summed E-state index contributed by atoms with van der Waals surface area (Å²) in [7, 11) is -1.18. The molecular weight excluding hydrogens is 1740 g/mol. The number of hydrogen-bond donors (Lipinski definition) is 18. The fraction of sp³-hybridized carbons (Fsp3) is 0.824. The van der Waals surface area contributed by atoms with Gasteiger partial charge in [0, 0.05) is 130 Å². The van der Waals surface area contributed by atoms with E-state index in [2.05, 4.69) is 49.4 Å². The molecule has 0 bridgehead atoms. The summed E-state index contributed by atoms with van der Waals surface area (Å²) < 4.78 is 76.0. The van der Waals surface area contributed by atoms with E-state index < -0.39 is 149 Å². The molecule has 18 atom stereocenters. The average molecular weight is 1900 g/mol. The Morgan fingerprint density at radius 1 is 0.508 bits per heavy atom. The van der Waals surface area contributed by atoms with E-state index in [9.17, 15) is 84.3 Å². The van der Waals surface area contributed by atoms with Crippen molar-refractivity contribution >= 4 is 66.3 Å². The van der Waals surface area contributed by atoms with Crippen molar-refractivity contribution in [3.05, 3.63) is 23.4 Å². The lowest BCUT2D eigenvalue weighted by molar-refractivity contribution is -0.270. The predicted octanol–water partition coefficient (Wildman–Crippen LogP) is 1.74. The van der Waals surface area contributed by atoms with Gasteiger partial charge in [0.05, 0.1) is 92.3 Å². The van der Waals surface area contributed by atoms with Gasteiger partial charge in [0.1, 0.15) is 85.2 Å². The number of carbonyl (C=O) groups is 8. The van der Waals surface area contributed by atoms with Crippen LogP contribution in [-0.4, -0.2) is 352 Å². The Kier molecular flexibility index (Phi) is 58.6. The summed E-state index contributed by atoms with van der Waals surface area (Å²) in [6.45, 7) is 10.7. The van der Waals surface area contributed by atoms with Gasteiger partial charge in [-0.25, -0.2) is 4.52 Å². The van der Waals surface area contributed by atoms with E-state index in [-0.39, 0.29) is 147 Å². The van der Waals surface area contributed by atoms with E-state index >= 15 is 0 Å². The van der Waals surface area contributed by atoms with Gasteiger partial charge in [-0.15, -0.1) is 4.52 Å². The van der Waals surface area contributed by atoms with Gasteiger partial charge in [-0.05, 0) is 121 Å². The van der Waals surface area contributed by atoms with Crippen LogP contribution in [0.3, 0.4) is 0 Å². The summed E-state index contributed by atoms with van der Waals surface area (Å²) in [6.07, 6.45) is 13.7. The number of aliphatic hydroxyl groups is 9. The van der Waals surface area contributed by atoms with Gasteiger partial charge >= 0.3 is 8.00 Å². The van der Waals surface area contributed by atoms with Crippen molar-refractivity contribution in [3.63, 3.8) is 0 Å². The molecule has 756 valence electrons. The van der Waals surface area contributed by atoms with Crippen molar-refractivity contribution in [2.75, 3.05) is 145 Å². The highest BCUT2D eigenvalue weighted by Gasteiger charge is 2.49. The molecule has 0 spiro atoms. The van der Waals surface area contributed by atoms with Crippen LogP contribution in [0.25, 0.3) is 0 Å². The number of allylic oxidation sites excluding steroid dienone is 3. The standard InChI is InChI=1S/C91H157N10O30P/c1-8-127-132(61(2)3)128-48-26-28-66-27-25-29-69(68(32-31-66)62(4)92)70(93)30-17-9-13-21-44-119-53-54-120-52-38-77(111)101-42-33-67(34-43-101)87(118)100-91(58-121-49-35-74(108)94-39-18-10-14-22-45-124-88-78(97-63(5)105)84(115)81(112)71(55-102)129-88,59-122-50-36-75(109)95-40-19-11-15-23-46-125-89-79(98-64(6)106)85(116)82(113)72(56-103)130-89)60-123-51-37-76(110)96-41-20-12-16-24-47-126-90-80(99-65(7)107)86(117)83(114)73(57-104)131-90/h1,13,21,66-67,69,71-73,78-86,88-90,93,102-104,112-117H,9-12,14-20,22-60,92H2,2-7H3,(H6-,94,95,96,97,98,99,100,105,106,107,108,109,110,118)/p+1/b21-13+,68-62-,93-70?. The molecule has 132 heavy (non-hydrogen) atoms. The summed E-state index contributed by atoms with van der Waals surface area (Å²) in [4.78, 5) is 105. The number of nitrogens with zero attached hydrogens (tertiary/aromatic N) is 1. The van der Waals surface area contributed by atoms with Crippen LogP contribution in [0, 0.1) is 35.7 Å². The number of amides is 8. The molecule has 8 amide bonds. The molecule has 1 aliphatic carbocycles. The molecule has 41 heteroatoms. The molecule has 40 nitrogen and oxygen atoms in total. The van der Waals surface area contributed by atoms with Crippen molar-refractivity contribution in [2.24, 2.45) is 23.5 Å². The lowest BCUT2D eigenvalue weighted by Gasteiger charge is -2.42. The first-order chi connectivity index (χ1) is 63.5. The topological polar surface area (TPSA) is 576 Å². The third-order valence-electron chi connectivity index (χ3n) is 23.7. The summed E-state index contributed by atoms with van der Waals surface area (Å²) in [5, 5.41) is 122. The van der Waals surface area contributed by atoms with Gasteiger partial charge in [0.15, 0.2) is 30.3 Å². The number of rotatable bonds is 66. The number of unbranched alkanes of at least 4 members (excludes halogenated alkanes) is 10. The first-order valence-corrected chi connectivity index (χ1v) is 48.5. The second-order valence-electron chi connectivity index (χ2n) is 34.8. The number of aliphatic hydroxyl groups excluding tert-OH is 9. The van der Waals surface area contributed by atoms with E-state index in [1.807, 2.05) is 26.8 Å². The first kappa shape index (κ1) is 116. The SMILES string of the molecule is C#CO[P+](OCCCC1CCCC(C(=N)CCC/C=C/COCCOCCC(=O)N2CCC(C(=O)NC(COCCC(=O)NCCCCCCOC3OC(CO)C(O)C(O)C3NC(C)=O)(COCCC(=O)NCCCCCCOC3OC(CO)C(O)C(O)C3NC(C)=O)COCCC(=O)NCCCCCCOC3OC(CO)C(O)C(O)C3NC(C)=O)CC2)/C(=C(/C)N)CC1)=C(C)C. The minimum Gasteiger partial charge on any atom is -0.402 e. The maximum atomic E-state index is 14.7. The third-order valence-corrected chi connectivity index (χ3v) is 25.1. The smallest absolute Gasteiger partial charge is 0.402 e. The zero-order valence-corrected chi connectivity index (χ0v) is 79.4. The zero-order chi connectivity index (χ0) is 96.6. The third kappa shape index (κ3) is 44.7. The number of hydrogen-bond acceptors (Lipinski definition) is 32. The van der Waals surface area contributed by atoms with Crippen LogP contribution >= 0.6 is 8.00 Å². The largest absolute Gasteiger partial charge is 0.489 e. The van der Waals surface area contributed by atoms with Crippen molar-refractivity contribution < 1.29 is 145 Å². The highest BCUT2D eigenvalue weighted by Crippen LogP contribution is 2.36. The van der Waals surface area contributed by atoms with E-state index in [1.165, 1.54) is 26.3 Å².